The number of alkyl halides is 6. The van der Waals surface area contributed by atoms with Gasteiger partial charge in [0.2, 0.25) is 0 Å². The topological polar surface area (TPSA) is 116 Å². The van der Waals surface area contributed by atoms with Crippen molar-refractivity contribution in [2.75, 3.05) is 37.7 Å². The average Bonchev–Trinajstić information content (AvgIpc) is 3.23. The van der Waals surface area contributed by atoms with E-state index in [1.165, 1.54) is 12.1 Å². The number of pyridine rings is 1. The van der Waals surface area contributed by atoms with E-state index in [4.69, 9.17) is 24.5 Å². The molecule has 2 fully saturated rings. The maximum Gasteiger partial charge on any atom is 0.490 e. The largest absolute Gasteiger partial charge is 0.490 e. The highest BCUT2D eigenvalue weighted by molar-refractivity contribution is 7.09. The number of carboxylic acids is 2. The van der Waals surface area contributed by atoms with Gasteiger partial charge >= 0.3 is 24.3 Å². The van der Waals surface area contributed by atoms with Gasteiger partial charge in [0.1, 0.15) is 5.82 Å². The van der Waals surface area contributed by atoms with Gasteiger partial charge in [-0.05, 0) is 38.4 Å². The predicted molar refractivity (Wildman–Crippen MR) is 124 cm³/mol. The molecule has 0 aliphatic carbocycles. The third kappa shape index (κ3) is 10.1. The van der Waals surface area contributed by atoms with Crippen LogP contribution in [0.15, 0.2) is 29.8 Å². The Morgan fingerprint density at radius 2 is 1.71 bits per heavy atom. The van der Waals surface area contributed by atoms with Gasteiger partial charge < -0.3 is 19.8 Å². The van der Waals surface area contributed by atoms with Crippen molar-refractivity contribution in [3.8, 4) is 0 Å². The molecule has 2 N–H and O–H groups in total. The van der Waals surface area contributed by atoms with Crippen molar-refractivity contribution in [2.45, 2.75) is 44.3 Å². The molecule has 212 valence electrons. The minimum atomic E-state index is -5.08. The fourth-order valence-corrected chi connectivity index (χ4v) is 4.47. The Balaban J connectivity index is 0.000000301. The number of aromatic nitrogens is 2. The summed E-state index contributed by atoms with van der Waals surface area (Å²) < 4.78 is 69.8. The van der Waals surface area contributed by atoms with Crippen molar-refractivity contribution in [3.05, 3.63) is 40.5 Å². The molecule has 0 aromatic carbocycles. The first kappa shape index (κ1) is 31.2. The molecular weight excluding hydrogens is 546 g/mol. The van der Waals surface area contributed by atoms with Crippen molar-refractivity contribution < 1.29 is 50.9 Å². The molecule has 0 saturated carbocycles. The number of piperidine rings is 1. The zero-order chi connectivity index (χ0) is 28.6. The van der Waals surface area contributed by atoms with Gasteiger partial charge in [0.25, 0.3) is 0 Å². The van der Waals surface area contributed by atoms with Gasteiger partial charge in [-0.25, -0.2) is 19.6 Å². The van der Waals surface area contributed by atoms with Gasteiger partial charge in [-0.2, -0.15) is 26.3 Å². The molecule has 2 aromatic heterocycles. The Labute approximate surface area is 217 Å². The first-order valence-corrected chi connectivity index (χ1v) is 12.0. The second kappa shape index (κ2) is 13.2. The Morgan fingerprint density at radius 3 is 2.21 bits per heavy atom. The van der Waals surface area contributed by atoms with E-state index in [1.54, 1.807) is 11.3 Å². The number of morpholine rings is 1. The van der Waals surface area contributed by atoms with Crippen LogP contribution in [-0.2, 0) is 20.9 Å². The molecule has 4 rings (SSSR count). The van der Waals surface area contributed by atoms with Crippen LogP contribution < -0.4 is 4.90 Å². The van der Waals surface area contributed by atoms with Crippen LogP contribution in [0.4, 0.5) is 32.2 Å². The van der Waals surface area contributed by atoms with E-state index in [9.17, 15) is 26.3 Å². The predicted octanol–water partition coefficient (Wildman–Crippen LogP) is 3.98. The lowest BCUT2D eigenvalue weighted by atomic mass is 9.90. The van der Waals surface area contributed by atoms with Gasteiger partial charge in [-0.3, -0.25) is 4.90 Å². The number of carboxylic acid groups (broad SMARTS) is 2. The smallest absolute Gasteiger partial charge is 0.475 e. The number of ether oxygens (including phenoxy) is 1. The van der Waals surface area contributed by atoms with Crippen LogP contribution in [0.1, 0.15) is 23.5 Å². The Hall–Kier alpha value is -2.98. The van der Waals surface area contributed by atoms with E-state index in [0.29, 0.717) is 0 Å². The minimum absolute atomic E-state index is 0.0703. The van der Waals surface area contributed by atoms with Crippen LogP contribution in [0.3, 0.4) is 0 Å². The summed E-state index contributed by atoms with van der Waals surface area (Å²) in [7, 11) is 0. The minimum Gasteiger partial charge on any atom is -0.475 e. The Morgan fingerprint density at radius 1 is 1.08 bits per heavy atom. The van der Waals surface area contributed by atoms with E-state index < -0.39 is 24.3 Å². The highest BCUT2D eigenvalue weighted by atomic mass is 32.1. The van der Waals surface area contributed by atoms with Gasteiger partial charge in [0.05, 0.1) is 22.9 Å². The normalized spacial score (nSPS) is 20.1. The third-order valence-corrected chi connectivity index (χ3v) is 6.20. The monoisotopic (exact) mass is 572 g/mol. The van der Waals surface area contributed by atoms with Crippen LogP contribution >= 0.6 is 11.3 Å². The molecule has 2 aliphatic rings. The zero-order valence-electron chi connectivity index (χ0n) is 20.1. The van der Waals surface area contributed by atoms with Gasteiger partial charge in [0.15, 0.2) is 0 Å². The lowest BCUT2D eigenvalue weighted by molar-refractivity contribution is -0.193. The number of nitrogens with zero attached hydrogens (tertiary/aromatic N) is 4. The van der Waals surface area contributed by atoms with Crippen molar-refractivity contribution in [1.29, 1.82) is 0 Å². The number of anilines is 1. The summed E-state index contributed by atoms with van der Waals surface area (Å²) in [6.07, 6.45) is -5.99. The molecule has 38 heavy (non-hydrogen) atoms. The number of aryl methyl sites for hydroxylation is 1. The van der Waals surface area contributed by atoms with Crippen molar-refractivity contribution in [2.24, 2.45) is 0 Å². The SMILES string of the molecule is Cc1nc(CN2CCCC3(C2)CN(c2ccccn2)CCO3)cs1.O=C(O)C(F)(F)F.O=C(O)C(F)(F)F. The van der Waals surface area contributed by atoms with Crippen molar-refractivity contribution in [1.82, 2.24) is 14.9 Å². The molecule has 2 aromatic rings. The molecule has 2 saturated heterocycles. The van der Waals surface area contributed by atoms with Crippen LogP contribution in [0.25, 0.3) is 0 Å². The fourth-order valence-electron chi connectivity index (χ4n) is 3.86. The van der Waals surface area contributed by atoms with Crippen LogP contribution in [0.5, 0.6) is 0 Å². The molecule has 2 aliphatic heterocycles. The molecule has 16 heteroatoms. The molecule has 0 bridgehead atoms. The second-order valence-electron chi connectivity index (χ2n) is 8.42. The maximum absolute atomic E-state index is 10.6. The van der Waals surface area contributed by atoms with E-state index >= 15 is 0 Å². The maximum atomic E-state index is 10.6. The summed E-state index contributed by atoms with van der Waals surface area (Å²) >= 11 is 1.73. The molecule has 1 atom stereocenters. The summed E-state index contributed by atoms with van der Waals surface area (Å²) in [6, 6.07) is 6.12. The highest BCUT2D eigenvalue weighted by Gasteiger charge is 2.41. The molecule has 9 nitrogen and oxygen atoms in total. The lowest BCUT2D eigenvalue weighted by Gasteiger charge is -2.48. The number of halogens is 6. The van der Waals surface area contributed by atoms with Gasteiger partial charge in [-0.15, -0.1) is 11.3 Å². The number of thiazole rings is 1. The summed E-state index contributed by atoms with van der Waals surface area (Å²) in [5.74, 6) is -4.45. The number of hydrogen-bond acceptors (Lipinski definition) is 8. The fraction of sp³-hybridized carbons (Fsp3) is 0.545. The average molecular weight is 573 g/mol. The van der Waals surface area contributed by atoms with E-state index in [2.05, 4.69) is 44.2 Å². The molecular formula is C22H26F6N4O5S. The van der Waals surface area contributed by atoms with Gasteiger partial charge in [0, 0.05) is 37.8 Å². The number of likely N-dealkylation sites (tertiary alicyclic amines) is 1. The quantitative estimate of drug-likeness (QED) is 0.527. The number of rotatable bonds is 3. The van der Waals surface area contributed by atoms with E-state index in [1.807, 2.05) is 12.3 Å². The first-order valence-electron chi connectivity index (χ1n) is 11.1. The Bertz CT molecular complexity index is 1020. The standard InChI is InChI=1S/C18H24N4OS.2C2HF3O2/c1-15-20-16(12-24-15)11-21-8-4-6-18(13-21)14-22(9-10-23-18)17-5-2-3-7-19-17;2*3-2(4,5)1(6)7/h2-3,5,7,12H,4,6,8-11,13-14H2,1H3;2*(H,6,7). The van der Waals surface area contributed by atoms with Crippen LogP contribution in [0, 0.1) is 6.92 Å². The Kier molecular flexibility index (Phi) is 10.8. The number of aliphatic carboxylic acids is 2. The number of carbonyl (C=O) groups is 2. The summed E-state index contributed by atoms with van der Waals surface area (Å²) in [5.41, 5.74) is 1.12. The zero-order valence-corrected chi connectivity index (χ0v) is 20.9. The summed E-state index contributed by atoms with van der Waals surface area (Å²) in [6.45, 7) is 7.74. The number of hydrogen-bond donors (Lipinski definition) is 2. The summed E-state index contributed by atoms with van der Waals surface area (Å²) in [4.78, 5) is 31.8. The van der Waals surface area contributed by atoms with E-state index in [0.717, 1.165) is 56.6 Å². The molecule has 0 radical (unpaired) electrons. The molecule has 1 unspecified atom stereocenters. The van der Waals surface area contributed by atoms with Crippen LogP contribution in [0.2, 0.25) is 0 Å². The molecule has 1 spiro atoms. The highest BCUT2D eigenvalue weighted by Crippen LogP contribution is 2.31. The first-order chi connectivity index (χ1) is 17.6. The lowest BCUT2D eigenvalue weighted by Crippen LogP contribution is -2.59. The second-order valence-corrected chi connectivity index (χ2v) is 9.48. The van der Waals surface area contributed by atoms with Gasteiger partial charge in [-0.1, -0.05) is 6.07 Å². The van der Waals surface area contributed by atoms with E-state index in [-0.39, 0.29) is 5.60 Å². The third-order valence-electron chi connectivity index (χ3n) is 5.38. The van der Waals surface area contributed by atoms with Crippen LogP contribution in [-0.4, -0.2) is 87.8 Å². The van der Waals surface area contributed by atoms with Crippen molar-refractivity contribution in [3.63, 3.8) is 0 Å². The molecule has 4 heterocycles. The summed E-state index contributed by atoms with van der Waals surface area (Å²) in [5, 5.41) is 17.6. The molecule has 0 amide bonds. The van der Waals surface area contributed by atoms with Crippen molar-refractivity contribution >= 4 is 29.1 Å².